The van der Waals surface area contributed by atoms with Crippen LogP contribution in [0.2, 0.25) is 5.02 Å². The lowest BCUT2D eigenvalue weighted by Crippen LogP contribution is -2.08. The Morgan fingerprint density at radius 1 is 1.42 bits per heavy atom. The number of halogens is 4. The highest BCUT2D eigenvalue weighted by Crippen LogP contribution is 2.32. The van der Waals surface area contributed by atoms with Crippen LogP contribution in [0.5, 0.6) is 0 Å². The third kappa shape index (κ3) is 3.34. The molecule has 19 heavy (non-hydrogen) atoms. The smallest absolute Gasteiger partial charge is 0.360 e. The molecule has 0 aromatic carbocycles. The molecule has 9 heteroatoms. The first-order valence-electron chi connectivity index (χ1n) is 5.12. The van der Waals surface area contributed by atoms with E-state index in [9.17, 15) is 13.2 Å². The van der Waals surface area contributed by atoms with Crippen LogP contribution in [-0.4, -0.2) is 15.1 Å². The lowest BCUT2D eigenvalue weighted by molar-refractivity contribution is -0.137. The number of nitrogens with one attached hydrogen (secondary N) is 1. The first kappa shape index (κ1) is 13.6. The zero-order valence-corrected chi connectivity index (χ0v) is 10.4. The van der Waals surface area contributed by atoms with Gasteiger partial charge in [-0.2, -0.15) is 18.2 Å². The number of nitrogens with zero attached hydrogens (tertiary/aromatic N) is 3. The quantitative estimate of drug-likeness (QED) is 0.942. The predicted molar refractivity (Wildman–Crippen MR) is 60.6 cm³/mol. The van der Waals surface area contributed by atoms with E-state index in [0.29, 0.717) is 12.0 Å². The third-order valence-corrected chi connectivity index (χ3v) is 2.43. The second-order valence-corrected chi connectivity index (χ2v) is 4.05. The van der Waals surface area contributed by atoms with Crippen LogP contribution < -0.4 is 5.32 Å². The minimum Gasteiger partial charge on any atom is -0.360 e. The molecule has 0 saturated carbocycles. The Kier molecular flexibility index (Phi) is 3.61. The number of rotatable bonds is 3. The molecule has 0 amide bonds. The molecule has 0 radical (unpaired) electrons. The van der Waals surface area contributed by atoms with Gasteiger partial charge < -0.3 is 9.84 Å². The molecule has 102 valence electrons. The molecule has 5 nitrogen and oxygen atoms in total. The summed E-state index contributed by atoms with van der Waals surface area (Å²) in [7, 11) is 0. The van der Waals surface area contributed by atoms with Gasteiger partial charge in [-0.05, 0) is 13.0 Å². The van der Waals surface area contributed by atoms with Crippen molar-refractivity contribution in [1.82, 2.24) is 15.1 Å². The average molecular weight is 293 g/mol. The van der Waals surface area contributed by atoms with Crippen molar-refractivity contribution in [2.75, 3.05) is 5.32 Å². The van der Waals surface area contributed by atoms with Gasteiger partial charge in [0.05, 0.1) is 17.1 Å². The zero-order valence-electron chi connectivity index (χ0n) is 9.62. The molecule has 0 atom stereocenters. The maximum atomic E-state index is 12.4. The van der Waals surface area contributed by atoms with E-state index < -0.39 is 11.7 Å². The zero-order chi connectivity index (χ0) is 14.0. The van der Waals surface area contributed by atoms with E-state index in [1.165, 1.54) is 0 Å². The highest BCUT2D eigenvalue weighted by molar-refractivity contribution is 6.32. The van der Waals surface area contributed by atoms with Crippen LogP contribution in [0.25, 0.3) is 0 Å². The average Bonchev–Trinajstić information content (AvgIpc) is 2.72. The molecule has 0 fully saturated rings. The molecule has 0 spiro atoms. The number of hydrogen-bond donors (Lipinski definition) is 1. The van der Waals surface area contributed by atoms with Crippen molar-refractivity contribution in [3.05, 3.63) is 34.6 Å². The van der Waals surface area contributed by atoms with Crippen molar-refractivity contribution < 1.29 is 17.7 Å². The summed E-state index contributed by atoms with van der Waals surface area (Å²) in [6, 6.07) is 0.802. The maximum Gasteiger partial charge on any atom is 0.417 e. The van der Waals surface area contributed by atoms with Crippen LogP contribution in [0.3, 0.4) is 0 Å². The van der Waals surface area contributed by atoms with Crippen LogP contribution in [0.1, 0.15) is 17.3 Å². The lowest BCUT2D eigenvalue weighted by atomic mass is 10.3. The summed E-state index contributed by atoms with van der Waals surface area (Å²) in [5.74, 6) is 0.865. The molecular weight excluding hydrogens is 285 g/mol. The summed E-state index contributed by atoms with van der Waals surface area (Å²) in [6.07, 6.45) is -3.77. The molecule has 1 N–H and O–H groups in total. The standard InChI is InChI=1S/C10H8ClF3N4O/c1-5-17-8(19-18-5)4-16-9-7(11)2-6(3-15-9)10(12,13)14/h2-3H,4H2,1H3,(H,15,16). The van der Waals surface area contributed by atoms with Crippen LogP contribution in [-0.2, 0) is 12.7 Å². The Morgan fingerprint density at radius 3 is 2.68 bits per heavy atom. The first-order chi connectivity index (χ1) is 8.86. The molecule has 0 aliphatic rings. The van der Waals surface area contributed by atoms with E-state index in [2.05, 4.69) is 20.4 Å². The number of hydrogen-bond acceptors (Lipinski definition) is 5. The summed E-state index contributed by atoms with van der Waals surface area (Å²) in [6.45, 7) is 1.77. The van der Waals surface area contributed by atoms with E-state index in [-0.39, 0.29) is 23.3 Å². The van der Waals surface area contributed by atoms with E-state index in [1.54, 1.807) is 6.92 Å². The van der Waals surface area contributed by atoms with Gasteiger partial charge >= 0.3 is 6.18 Å². The minimum atomic E-state index is -4.47. The topological polar surface area (TPSA) is 63.8 Å². The molecular formula is C10H8ClF3N4O. The van der Waals surface area contributed by atoms with Crippen LogP contribution >= 0.6 is 11.6 Å². The van der Waals surface area contributed by atoms with Gasteiger partial charge in [0.2, 0.25) is 5.89 Å². The fourth-order valence-electron chi connectivity index (χ4n) is 1.29. The number of aryl methyl sites for hydroxylation is 1. The second-order valence-electron chi connectivity index (χ2n) is 3.64. The molecule has 0 aliphatic heterocycles. The summed E-state index contributed by atoms with van der Waals surface area (Å²) < 4.78 is 42.0. The Bertz CT molecular complexity index is 584. The Balaban J connectivity index is 2.09. The number of pyridine rings is 1. The van der Waals surface area contributed by atoms with Gasteiger partial charge in [0.1, 0.15) is 5.82 Å². The fourth-order valence-corrected chi connectivity index (χ4v) is 1.53. The lowest BCUT2D eigenvalue weighted by Gasteiger charge is -2.09. The van der Waals surface area contributed by atoms with Crippen LogP contribution in [0.15, 0.2) is 16.8 Å². The summed E-state index contributed by atoms with van der Waals surface area (Å²) in [5.41, 5.74) is -0.906. The fraction of sp³-hybridized carbons (Fsp3) is 0.300. The van der Waals surface area contributed by atoms with Crippen molar-refractivity contribution >= 4 is 17.4 Å². The van der Waals surface area contributed by atoms with Crippen molar-refractivity contribution in [3.8, 4) is 0 Å². The molecule has 2 aromatic heterocycles. The largest absolute Gasteiger partial charge is 0.417 e. The highest BCUT2D eigenvalue weighted by Gasteiger charge is 2.31. The number of alkyl halides is 3. The van der Waals surface area contributed by atoms with E-state index in [4.69, 9.17) is 16.1 Å². The van der Waals surface area contributed by atoms with Gasteiger partial charge in [-0.25, -0.2) is 4.98 Å². The van der Waals surface area contributed by atoms with Gasteiger partial charge in [0, 0.05) is 6.20 Å². The Hall–Kier alpha value is -1.83. The van der Waals surface area contributed by atoms with Gasteiger partial charge in [0.15, 0.2) is 5.82 Å². The van der Waals surface area contributed by atoms with Crippen molar-refractivity contribution in [2.45, 2.75) is 19.6 Å². The Morgan fingerprint density at radius 2 is 2.16 bits per heavy atom. The van der Waals surface area contributed by atoms with Gasteiger partial charge in [-0.1, -0.05) is 16.8 Å². The van der Waals surface area contributed by atoms with Crippen molar-refractivity contribution in [3.63, 3.8) is 0 Å². The van der Waals surface area contributed by atoms with Crippen LogP contribution in [0.4, 0.5) is 19.0 Å². The molecule has 0 bridgehead atoms. The molecule has 0 aliphatic carbocycles. The molecule has 2 rings (SSSR count). The number of anilines is 1. The monoisotopic (exact) mass is 292 g/mol. The van der Waals surface area contributed by atoms with E-state index >= 15 is 0 Å². The predicted octanol–water partition coefficient (Wildman–Crippen LogP) is 3.06. The van der Waals surface area contributed by atoms with Crippen molar-refractivity contribution in [1.29, 1.82) is 0 Å². The van der Waals surface area contributed by atoms with E-state index in [0.717, 1.165) is 6.07 Å². The third-order valence-electron chi connectivity index (χ3n) is 2.15. The summed E-state index contributed by atoms with van der Waals surface area (Å²) in [4.78, 5) is 7.53. The maximum absolute atomic E-state index is 12.4. The Labute approximate surface area is 110 Å². The molecule has 2 heterocycles. The molecule has 0 saturated heterocycles. The molecule has 2 aromatic rings. The van der Waals surface area contributed by atoms with Crippen LogP contribution in [0, 0.1) is 6.92 Å². The SMILES string of the molecule is Cc1noc(CNc2ncc(C(F)(F)F)cc2Cl)n1. The summed E-state index contributed by atoms with van der Waals surface area (Å²) in [5, 5.41) is 6.15. The molecule has 0 unspecified atom stereocenters. The minimum absolute atomic E-state index is 0.116. The number of aromatic nitrogens is 3. The first-order valence-corrected chi connectivity index (χ1v) is 5.50. The van der Waals surface area contributed by atoms with Gasteiger partial charge in [0.25, 0.3) is 0 Å². The van der Waals surface area contributed by atoms with Gasteiger partial charge in [-0.3, -0.25) is 0 Å². The second kappa shape index (κ2) is 5.04. The normalized spacial score (nSPS) is 11.6. The van der Waals surface area contributed by atoms with E-state index in [1.807, 2.05) is 0 Å². The van der Waals surface area contributed by atoms with Gasteiger partial charge in [-0.15, -0.1) is 0 Å². The summed E-state index contributed by atoms with van der Waals surface area (Å²) >= 11 is 5.72. The highest BCUT2D eigenvalue weighted by atomic mass is 35.5. The van der Waals surface area contributed by atoms with Crippen molar-refractivity contribution in [2.24, 2.45) is 0 Å².